The molecule has 1 aliphatic rings. The maximum atomic E-state index is 12.0. The van der Waals surface area contributed by atoms with Crippen molar-refractivity contribution in [1.82, 2.24) is 4.90 Å². The van der Waals surface area contributed by atoms with Crippen LogP contribution in [-0.4, -0.2) is 43.2 Å². The molecular formula is C15H22N2O2. The first-order chi connectivity index (χ1) is 9.04. The summed E-state index contributed by atoms with van der Waals surface area (Å²) in [7, 11) is 0. The summed E-state index contributed by atoms with van der Waals surface area (Å²) in [6.45, 7) is 8.88. The summed E-state index contributed by atoms with van der Waals surface area (Å²) in [5.41, 5.74) is 3.21. The molecule has 1 aromatic rings. The van der Waals surface area contributed by atoms with Crippen LogP contribution in [0.3, 0.4) is 0 Å². The Hall–Kier alpha value is -1.39. The Morgan fingerprint density at radius 1 is 1.47 bits per heavy atom. The normalized spacial score (nSPS) is 20.3. The molecule has 1 heterocycles. The Morgan fingerprint density at radius 2 is 2.26 bits per heavy atom. The van der Waals surface area contributed by atoms with Gasteiger partial charge in [-0.25, -0.2) is 0 Å². The molecule has 1 aliphatic heterocycles. The quantitative estimate of drug-likeness (QED) is 0.905. The first-order valence-electron chi connectivity index (χ1n) is 6.75. The van der Waals surface area contributed by atoms with E-state index in [1.54, 1.807) is 0 Å². The third kappa shape index (κ3) is 4.04. The fourth-order valence-corrected chi connectivity index (χ4v) is 2.38. The molecule has 1 N–H and O–H groups in total. The fourth-order valence-electron chi connectivity index (χ4n) is 2.38. The molecule has 1 fully saturated rings. The van der Waals surface area contributed by atoms with E-state index < -0.39 is 0 Å². The Bertz CT molecular complexity index is 459. The van der Waals surface area contributed by atoms with E-state index in [0.29, 0.717) is 13.2 Å². The minimum Gasteiger partial charge on any atom is -0.376 e. The van der Waals surface area contributed by atoms with Crippen molar-refractivity contribution in [1.29, 1.82) is 0 Å². The van der Waals surface area contributed by atoms with Crippen molar-refractivity contribution < 1.29 is 9.53 Å². The van der Waals surface area contributed by atoms with E-state index in [0.717, 1.165) is 24.3 Å². The van der Waals surface area contributed by atoms with Crippen LogP contribution < -0.4 is 5.32 Å². The predicted octanol–water partition coefficient (Wildman–Crippen LogP) is 1.96. The molecular weight excluding hydrogens is 240 g/mol. The molecule has 0 aromatic heterocycles. The summed E-state index contributed by atoms with van der Waals surface area (Å²) in [4.78, 5) is 14.2. The number of rotatable bonds is 3. The molecule has 1 saturated heterocycles. The van der Waals surface area contributed by atoms with Gasteiger partial charge in [-0.3, -0.25) is 9.69 Å². The topological polar surface area (TPSA) is 41.6 Å². The lowest BCUT2D eigenvalue weighted by molar-refractivity contribution is -0.119. The minimum absolute atomic E-state index is 0.0426. The van der Waals surface area contributed by atoms with Gasteiger partial charge in [-0.2, -0.15) is 0 Å². The first-order valence-corrected chi connectivity index (χ1v) is 6.75. The van der Waals surface area contributed by atoms with Gasteiger partial charge in [-0.1, -0.05) is 17.7 Å². The molecule has 0 saturated carbocycles. The number of carbonyl (C=O) groups excluding carboxylic acids is 1. The second-order valence-corrected chi connectivity index (χ2v) is 5.28. The molecule has 4 nitrogen and oxygen atoms in total. The number of amides is 1. The number of aryl methyl sites for hydroxylation is 2. The number of anilines is 1. The van der Waals surface area contributed by atoms with Gasteiger partial charge < -0.3 is 10.1 Å². The molecule has 0 spiro atoms. The molecule has 1 atom stereocenters. The summed E-state index contributed by atoms with van der Waals surface area (Å²) < 4.78 is 5.47. The lowest BCUT2D eigenvalue weighted by atomic mass is 10.1. The molecule has 4 heteroatoms. The molecule has 0 aliphatic carbocycles. The summed E-state index contributed by atoms with van der Waals surface area (Å²) >= 11 is 0. The highest BCUT2D eigenvalue weighted by atomic mass is 16.5. The zero-order valence-corrected chi connectivity index (χ0v) is 11.9. The lowest BCUT2D eigenvalue weighted by Gasteiger charge is -2.30. The average molecular weight is 262 g/mol. The zero-order chi connectivity index (χ0) is 13.8. The van der Waals surface area contributed by atoms with Crippen LogP contribution in [0.4, 0.5) is 5.69 Å². The van der Waals surface area contributed by atoms with Crippen molar-refractivity contribution in [3.05, 3.63) is 29.3 Å². The monoisotopic (exact) mass is 262 g/mol. The van der Waals surface area contributed by atoms with Crippen molar-refractivity contribution in [2.24, 2.45) is 0 Å². The number of ether oxygens (including phenoxy) is 1. The van der Waals surface area contributed by atoms with Gasteiger partial charge in [0.25, 0.3) is 0 Å². The van der Waals surface area contributed by atoms with Gasteiger partial charge in [0.1, 0.15) is 0 Å². The Morgan fingerprint density at radius 3 is 2.95 bits per heavy atom. The highest BCUT2D eigenvalue weighted by molar-refractivity contribution is 5.93. The van der Waals surface area contributed by atoms with E-state index in [2.05, 4.69) is 16.3 Å². The standard InChI is InChI=1S/C15H22N2O2/c1-11-4-5-14(12(2)8-11)16-15(18)10-17-6-7-19-13(3)9-17/h4-5,8,13H,6-7,9-10H2,1-3H3,(H,16,18). The van der Waals surface area contributed by atoms with Crippen molar-refractivity contribution in [3.8, 4) is 0 Å². The number of morpholine rings is 1. The van der Waals surface area contributed by atoms with E-state index in [1.165, 1.54) is 5.56 Å². The van der Waals surface area contributed by atoms with Gasteiger partial charge in [-0.15, -0.1) is 0 Å². The molecule has 19 heavy (non-hydrogen) atoms. The van der Waals surface area contributed by atoms with Crippen LogP contribution in [0.25, 0.3) is 0 Å². The molecule has 1 amide bonds. The highest BCUT2D eigenvalue weighted by Gasteiger charge is 2.19. The van der Waals surface area contributed by atoms with E-state index in [-0.39, 0.29) is 12.0 Å². The van der Waals surface area contributed by atoms with Gasteiger partial charge in [0.05, 0.1) is 19.3 Å². The third-order valence-electron chi connectivity index (χ3n) is 3.35. The van der Waals surface area contributed by atoms with Crippen LogP contribution >= 0.6 is 0 Å². The van der Waals surface area contributed by atoms with Gasteiger partial charge in [0.2, 0.25) is 5.91 Å². The molecule has 1 aromatic carbocycles. The zero-order valence-electron chi connectivity index (χ0n) is 11.9. The number of nitrogens with one attached hydrogen (secondary N) is 1. The molecule has 104 valence electrons. The van der Waals surface area contributed by atoms with E-state index in [9.17, 15) is 4.79 Å². The second kappa shape index (κ2) is 6.17. The smallest absolute Gasteiger partial charge is 0.238 e. The highest BCUT2D eigenvalue weighted by Crippen LogP contribution is 2.16. The SMILES string of the molecule is Cc1ccc(NC(=O)CN2CCOC(C)C2)c(C)c1. The van der Waals surface area contributed by atoms with Crippen molar-refractivity contribution in [2.75, 3.05) is 31.6 Å². The van der Waals surface area contributed by atoms with Crippen molar-refractivity contribution in [2.45, 2.75) is 26.9 Å². The average Bonchev–Trinajstić information content (AvgIpc) is 2.33. The summed E-state index contributed by atoms with van der Waals surface area (Å²) in [5, 5.41) is 2.98. The number of hydrogen-bond acceptors (Lipinski definition) is 3. The van der Waals surface area contributed by atoms with E-state index in [1.807, 2.05) is 32.9 Å². The lowest BCUT2D eigenvalue weighted by Crippen LogP contribution is -2.44. The van der Waals surface area contributed by atoms with Gasteiger partial charge >= 0.3 is 0 Å². The largest absolute Gasteiger partial charge is 0.376 e. The van der Waals surface area contributed by atoms with Crippen LogP contribution in [0.15, 0.2) is 18.2 Å². The summed E-state index contributed by atoms with van der Waals surface area (Å²) in [5.74, 6) is 0.0426. The predicted molar refractivity (Wildman–Crippen MR) is 76.4 cm³/mol. The van der Waals surface area contributed by atoms with Crippen LogP contribution in [0, 0.1) is 13.8 Å². The van der Waals surface area contributed by atoms with Crippen molar-refractivity contribution in [3.63, 3.8) is 0 Å². The summed E-state index contributed by atoms with van der Waals surface area (Å²) in [6, 6.07) is 6.05. The summed E-state index contributed by atoms with van der Waals surface area (Å²) in [6.07, 6.45) is 0.211. The number of carbonyl (C=O) groups is 1. The van der Waals surface area contributed by atoms with Crippen LogP contribution in [0.2, 0.25) is 0 Å². The maximum absolute atomic E-state index is 12.0. The minimum atomic E-state index is 0.0426. The Balaban J connectivity index is 1.90. The van der Waals surface area contributed by atoms with Gasteiger partial charge in [0, 0.05) is 18.8 Å². The van der Waals surface area contributed by atoms with Gasteiger partial charge in [-0.05, 0) is 32.4 Å². The Kier molecular flexibility index (Phi) is 4.56. The van der Waals surface area contributed by atoms with Crippen molar-refractivity contribution >= 4 is 11.6 Å². The molecule has 0 bridgehead atoms. The van der Waals surface area contributed by atoms with Crippen LogP contribution in [-0.2, 0) is 9.53 Å². The third-order valence-corrected chi connectivity index (χ3v) is 3.35. The van der Waals surface area contributed by atoms with Crippen LogP contribution in [0.5, 0.6) is 0 Å². The first kappa shape index (κ1) is 14.0. The Labute approximate surface area is 114 Å². The number of nitrogens with zero attached hydrogens (tertiary/aromatic N) is 1. The van der Waals surface area contributed by atoms with E-state index in [4.69, 9.17) is 4.74 Å². The maximum Gasteiger partial charge on any atom is 0.238 e. The number of benzene rings is 1. The van der Waals surface area contributed by atoms with Crippen LogP contribution in [0.1, 0.15) is 18.1 Å². The molecule has 2 rings (SSSR count). The molecule has 1 unspecified atom stereocenters. The number of hydrogen-bond donors (Lipinski definition) is 1. The second-order valence-electron chi connectivity index (χ2n) is 5.28. The fraction of sp³-hybridized carbons (Fsp3) is 0.533. The molecule has 0 radical (unpaired) electrons. The van der Waals surface area contributed by atoms with E-state index >= 15 is 0 Å². The van der Waals surface area contributed by atoms with Gasteiger partial charge in [0.15, 0.2) is 0 Å².